The van der Waals surface area contributed by atoms with Crippen molar-refractivity contribution in [3.8, 4) is 0 Å². The number of hydrogen-bond acceptors (Lipinski definition) is 4. The minimum absolute atomic E-state index is 0.0491. The van der Waals surface area contributed by atoms with E-state index in [0.29, 0.717) is 19.2 Å². The third-order valence-corrected chi connectivity index (χ3v) is 4.05. The fourth-order valence-electron chi connectivity index (χ4n) is 1.72. The van der Waals surface area contributed by atoms with Crippen molar-refractivity contribution < 1.29 is 21.9 Å². The zero-order chi connectivity index (χ0) is 13.9. The van der Waals surface area contributed by atoms with Gasteiger partial charge >= 0.3 is 0 Å². The molecule has 1 aromatic carbocycles. The Morgan fingerprint density at radius 1 is 1.32 bits per heavy atom. The largest absolute Gasteiger partial charge is 0.374 e. The van der Waals surface area contributed by atoms with Crippen LogP contribution in [0.15, 0.2) is 23.1 Å². The third kappa shape index (κ3) is 3.93. The maximum Gasteiger partial charge on any atom is 0.240 e. The molecule has 1 heterocycles. The summed E-state index contributed by atoms with van der Waals surface area (Å²) in [5.41, 5.74) is 0. The van der Waals surface area contributed by atoms with E-state index >= 15 is 0 Å². The smallest absolute Gasteiger partial charge is 0.240 e. The Kier molecular flexibility index (Phi) is 4.46. The van der Waals surface area contributed by atoms with Crippen molar-refractivity contribution in [3.05, 3.63) is 29.8 Å². The predicted molar refractivity (Wildman–Crippen MR) is 64.2 cm³/mol. The highest BCUT2D eigenvalue weighted by atomic mass is 32.2. The minimum atomic E-state index is -3.94. The van der Waals surface area contributed by atoms with Crippen molar-refractivity contribution in [2.45, 2.75) is 11.0 Å². The van der Waals surface area contributed by atoms with Crippen LogP contribution in [-0.4, -0.2) is 40.8 Å². The van der Waals surface area contributed by atoms with E-state index < -0.39 is 26.6 Å². The molecule has 0 saturated carbocycles. The Morgan fingerprint density at radius 3 is 2.58 bits per heavy atom. The van der Waals surface area contributed by atoms with Crippen molar-refractivity contribution in [1.82, 2.24) is 10.0 Å². The maximum atomic E-state index is 13.0. The molecule has 2 N–H and O–H groups in total. The molecule has 0 aromatic heterocycles. The van der Waals surface area contributed by atoms with Gasteiger partial charge in [0, 0.05) is 25.7 Å². The van der Waals surface area contributed by atoms with Gasteiger partial charge in [0.1, 0.15) is 11.6 Å². The molecule has 1 saturated heterocycles. The highest BCUT2D eigenvalue weighted by molar-refractivity contribution is 7.89. The summed E-state index contributed by atoms with van der Waals surface area (Å²) in [7, 11) is -3.94. The summed E-state index contributed by atoms with van der Waals surface area (Å²) in [5.74, 6) is -1.87. The van der Waals surface area contributed by atoms with E-state index in [9.17, 15) is 17.2 Å². The number of nitrogens with one attached hydrogen (secondary N) is 2. The lowest BCUT2D eigenvalue weighted by atomic mass is 10.3. The molecule has 0 radical (unpaired) electrons. The number of ether oxygens (including phenoxy) is 1. The summed E-state index contributed by atoms with van der Waals surface area (Å²) in [4.78, 5) is -0.436. The molecule has 1 aliphatic heterocycles. The van der Waals surface area contributed by atoms with Gasteiger partial charge in [0.15, 0.2) is 0 Å². The third-order valence-electron chi connectivity index (χ3n) is 2.65. The molecule has 106 valence electrons. The SMILES string of the molecule is O=S(=O)(NCC1CNCCO1)c1cc(F)cc(F)c1. The standard InChI is InChI=1S/C11H14F2N2O3S/c12-8-3-9(13)5-11(4-8)19(16,17)15-7-10-6-14-1-2-18-10/h3-5,10,14-15H,1-2,6-7H2. The van der Waals surface area contributed by atoms with E-state index in [1.165, 1.54) is 0 Å². The fourth-order valence-corrected chi connectivity index (χ4v) is 2.83. The zero-order valence-electron chi connectivity index (χ0n) is 10.0. The van der Waals surface area contributed by atoms with Gasteiger partial charge in [-0.05, 0) is 12.1 Å². The average molecular weight is 292 g/mol. The second kappa shape index (κ2) is 5.91. The predicted octanol–water partition coefficient (Wildman–Crippen LogP) is 0.231. The highest BCUT2D eigenvalue weighted by Crippen LogP contribution is 2.13. The summed E-state index contributed by atoms with van der Waals surface area (Å²) >= 11 is 0. The summed E-state index contributed by atoms with van der Waals surface area (Å²) in [6.45, 7) is 1.80. The highest BCUT2D eigenvalue weighted by Gasteiger charge is 2.20. The number of halogens is 2. The molecule has 0 aliphatic carbocycles. The van der Waals surface area contributed by atoms with Gasteiger partial charge in [-0.3, -0.25) is 0 Å². The molecule has 1 aromatic rings. The molecular weight excluding hydrogens is 278 g/mol. The van der Waals surface area contributed by atoms with Crippen molar-refractivity contribution >= 4 is 10.0 Å². The van der Waals surface area contributed by atoms with Gasteiger partial charge in [0.05, 0.1) is 17.6 Å². The van der Waals surface area contributed by atoms with Gasteiger partial charge in [0.25, 0.3) is 0 Å². The van der Waals surface area contributed by atoms with Gasteiger partial charge in [-0.15, -0.1) is 0 Å². The lowest BCUT2D eigenvalue weighted by Crippen LogP contribution is -2.45. The van der Waals surface area contributed by atoms with Crippen LogP contribution < -0.4 is 10.0 Å². The normalized spacial score (nSPS) is 20.4. The molecule has 0 amide bonds. The summed E-state index contributed by atoms with van der Waals surface area (Å²) in [6.07, 6.45) is -0.290. The Bertz CT molecular complexity index is 525. The molecule has 0 spiro atoms. The van der Waals surface area contributed by atoms with E-state index in [4.69, 9.17) is 4.74 Å². The number of rotatable bonds is 4. The van der Waals surface area contributed by atoms with E-state index in [0.717, 1.165) is 18.7 Å². The number of morpholine rings is 1. The quantitative estimate of drug-likeness (QED) is 0.834. The Hall–Kier alpha value is -1.09. The van der Waals surface area contributed by atoms with Crippen LogP contribution in [0, 0.1) is 11.6 Å². The van der Waals surface area contributed by atoms with Gasteiger partial charge in [-0.25, -0.2) is 21.9 Å². The van der Waals surface area contributed by atoms with Crippen LogP contribution in [0.1, 0.15) is 0 Å². The van der Waals surface area contributed by atoms with Crippen LogP contribution in [0.5, 0.6) is 0 Å². The molecule has 1 fully saturated rings. The van der Waals surface area contributed by atoms with E-state index in [-0.39, 0.29) is 12.6 Å². The summed E-state index contributed by atoms with van der Waals surface area (Å²) in [5, 5.41) is 3.05. The number of hydrogen-bond donors (Lipinski definition) is 2. The number of benzene rings is 1. The first-order valence-corrected chi connectivity index (χ1v) is 7.24. The lowest BCUT2D eigenvalue weighted by molar-refractivity contribution is 0.0324. The van der Waals surface area contributed by atoms with Crippen LogP contribution in [0.25, 0.3) is 0 Å². The van der Waals surface area contributed by atoms with Gasteiger partial charge in [-0.1, -0.05) is 0 Å². The van der Waals surface area contributed by atoms with Crippen LogP contribution >= 0.6 is 0 Å². The van der Waals surface area contributed by atoms with Crippen LogP contribution in [0.4, 0.5) is 8.78 Å². The molecule has 1 atom stereocenters. The van der Waals surface area contributed by atoms with Gasteiger partial charge in [-0.2, -0.15) is 0 Å². The first kappa shape index (κ1) is 14.3. The second-order valence-electron chi connectivity index (χ2n) is 4.15. The molecule has 1 aliphatic rings. The zero-order valence-corrected chi connectivity index (χ0v) is 10.8. The summed E-state index contributed by atoms with van der Waals surface area (Å²) < 4.78 is 57.3. The van der Waals surface area contributed by atoms with E-state index in [2.05, 4.69) is 10.0 Å². The Balaban J connectivity index is 2.04. The van der Waals surface area contributed by atoms with Crippen LogP contribution in [-0.2, 0) is 14.8 Å². The topological polar surface area (TPSA) is 67.4 Å². The van der Waals surface area contributed by atoms with Crippen LogP contribution in [0.3, 0.4) is 0 Å². The van der Waals surface area contributed by atoms with Crippen molar-refractivity contribution in [2.24, 2.45) is 0 Å². The van der Waals surface area contributed by atoms with Gasteiger partial charge < -0.3 is 10.1 Å². The van der Waals surface area contributed by atoms with Crippen LogP contribution in [0.2, 0.25) is 0 Å². The number of sulfonamides is 1. The lowest BCUT2D eigenvalue weighted by Gasteiger charge is -2.23. The first-order valence-electron chi connectivity index (χ1n) is 5.75. The van der Waals surface area contributed by atoms with Crippen molar-refractivity contribution in [2.75, 3.05) is 26.2 Å². The first-order chi connectivity index (χ1) is 8.97. The van der Waals surface area contributed by atoms with Crippen molar-refractivity contribution in [1.29, 1.82) is 0 Å². The van der Waals surface area contributed by atoms with E-state index in [1.807, 2.05) is 0 Å². The monoisotopic (exact) mass is 292 g/mol. The fraction of sp³-hybridized carbons (Fsp3) is 0.455. The molecular formula is C11H14F2N2O3S. The van der Waals surface area contributed by atoms with Gasteiger partial charge in [0.2, 0.25) is 10.0 Å². The molecule has 19 heavy (non-hydrogen) atoms. The molecule has 0 bridgehead atoms. The molecule has 2 rings (SSSR count). The van der Waals surface area contributed by atoms with E-state index in [1.54, 1.807) is 0 Å². The molecule has 8 heteroatoms. The summed E-state index contributed by atoms with van der Waals surface area (Å²) in [6, 6.07) is 2.16. The maximum absolute atomic E-state index is 13.0. The average Bonchev–Trinajstić information content (AvgIpc) is 2.37. The van der Waals surface area contributed by atoms with Crippen molar-refractivity contribution in [3.63, 3.8) is 0 Å². The Labute approximate surface area is 110 Å². The Morgan fingerprint density at radius 2 is 2.00 bits per heavy atom. The second-order valence-corrected chi connectivity index (χ2v) is 5.92. The molecule has 5 nitrogen and oxygen atoms in total. The minimum Gasteiger partial charge on any atom is -0.374 e. The molecule has 1 unspecified atom stereocenters.